The van der Waals surface area contributed by atoms with Crippen LogP contribution in [0.2, 0.25) is 0 Å². The van der Waals surface area contributed by atoms with Crippen molar-refractivity contribution in [1.29, 1.82) is 0 Å². The fourth-order valence-corrected chi connectivity index (χ4v) is 3.35. The van der Waals surface area contributed by atoms with Gasteiger partial charge in [-0.2, -0.15) is 0 Å². The summed E-state index contributed by atoms with van der Waals surface area (Å²) in [5.41, 5.74) is 2.26. The summed E-state index contributed by atoms with van der Waals surface area (Å²) in [6.45, 7) is 0.649. The Labute approximate surface area is 148 Å². The molecule has 1 aromatic heterocycles. The molecule has 0 spiro atoms. The highest BCUT2D eigenvalue weighted by molar-refractivity contribution is 7.09. The van der Waals surface area contributed by atoms with Crippen molar-refractivity contribution in [3.05, 3.63) is 28.6 Å². The number of methoxy groups -OCH3 is 1. The van der Waals surface area contributed by atoms with E-state index in [2.05, 4.69) is 4.98 Å². The number of carbonyl (C=O) groups excluding carboxylic acids is 1. The zero-order valence-corrected chi connectivity index (χ0v) is 14.5. The molecule has 1 aromatic carbocycles. The van der Waals surface area contributed by atoms with Crippen LogP contribution in [0.1, 0.15) is 11.4 Å². The highest BCUT2D eigenvalue weighted by Gasteiger charge is 2.26. The van der Waals surface area contributed by atoms with Crippen molar-refractivity contribution in [2.45, 2.75) is 12.8 Å². The molecule has 2 heterocycles. The Hall–Kier alpha value is -2.45. The van der Waals surface area contributed by atoms with Gasteiger partial charge in [0, 0.05) is 31.0 Å². The Morgan fingerprint density at radius 1 is 1.48 bits per heavy atom. The standard InChI is InChI=1S/C17H18N2O5S/c1-23-7-5-15-18-12(10-25-15)11-2-3-14-13(8-11)19(6-4-17(21)22)16(20)9-24-14/h2-3,8,10H,4-7,9H2,1H3,(H,21,22). The number of ether oxygens (including phenoxy) is 2. The number of aliphatic carboxylic acids is 1. The molecule has 3 rings (SSSR count). The van der Waals surface area contributed by atoms with Crippen molar-refractivity contribution >= 4 is 28.9 Å². The SMILES string of the molecule is COCCc1nc(-c2ccc3c(c2)N(CCC(=O)O)C(=O)CO3)cs1. The van der Waals surface area contributed by atoms with Gasteiger partial charge in [-0.3, -0.25) is 9.59 Å². The van der Waals surface area contributed by atoms with Crippen molar-refractivity contribution in [3.8, 4) is 17.0 Å². The highest BCUT2D eigenvalue weighted by atomic mass is 32.1. The zero-order valence-electron chi connectivity index (χ0n) is 13.7. The van der Waals surface area contributed by atoms with Crippen LogP contribution in [0.25, 0.3) is 11.3 Å². The second-order valence-corrected chi connectivity index (χ2v) is 6.47. The predicted octanol–water partition coefficient (Wildman–Crippen LogP) is 2.20. The van der Waals surface area contributed by atoms with Crippen LogP contribution < -0.4 is 9.64 Å². The number of fused-ring (bicyclic) bond motifs is 1. The van der Waals surface area contributed by atoms with Crippen LogP contribution in [-0.2, 0) is 20.7 Å². The Kier molecular flexibility index (Phi) is 5.30. The van der Waals surface area contributed by atoms with Crippen LogP contribution in [0.4, 0.5) is 5.69 Å². The summed E-state index contributed by atoms with van der Waals surface area (Å²) in [6.07, 6.45) is 0.631. The van der Waals surface area contributed by atoms with E-state index in [9.17, 15) is 9.59 Å². The topological polar surface area (TPSA) is 89.0 Å². The van der Waals surface area contributed by atoms with Crippen LogP contribution in [0, 0.1) is 0 Å². The largest absolute Gasteiger partial charge is 0.482 e. The molecule has 0 atom stereocenters. The maximum absolute atomic E-state index is 12.1. The summed E-state index contributed by atoms with van der Waals surface area (Å²) >= 11 is 1.56. The van der Waals surface area contributed by atoms with Gasteiger partial charge in [0.05, 0.1) is 29.4 Å². The van der Waals surface area contributed by atoms with E-state index < -0.39 is 5.97 Å². The lowest BCUT2D eigenvalue weighted by atomic mass is 10.1. The summed E-state index contributed by atoms with van der Waals surface area (Å²) < 4.78 is 10.5. The third kappa shape index (κ3) is 3.97. The quantitative estimate of drug-likeness (QED) is 0.812. The molecule has 25 heavy (non-hydrogen) atoms. The second-order valence-electron chi connectivity index (χ2n) is 5.53. The molecule has 7 nitrogen and oxygen atoms in total. The number of nitrogens with zero attached hydrogens (tertiary/aromatic N) is 2. The van der Waals surface area contributed by atoms with Gasteiger partial charge in [0.25, 0.3) is 5.91 Å². The molecular formula is C17H18N2O5S. The Morgan fingerprint density at radius 2 is 2.32 bits per heavy atom. The van der Waals surface area contributed by atoms with Crippen molar-refractivity contribution in [2.24, 2.45) is 0 Å². The average Bonchev–Trinajstić information content (AvgIpc) is 3.07. The van der Waals surface area contributed by atoms with E-state index in [0.717, 1.165) is 22.7 Å². The molecule has 1 aliphatic rings. The van der Waals surface area contributed by atoms with Gasteiger partial charge < -0.3 is 19.5 Å². The van der Waals surface area contributed by atoms with Gasteiger partial charge in [-0.1, -0.05) is 0 Å². The summed E-state index contributed by atoms with van der Waals surface area (Å²) in [5, 5.41) is 11.8. The molecule has 0 radical (unpaired) electrons. The van der Waals surface area contributed by atoms with Gasteiger partial charge >= 0.3 is 5.97 Å². The lowest BCUT2D eigenvalue weighted by molar-refractivity contribution is -0.136. The number of carboxylic acid groups (broad SMARTS) is 1. The van der Waals surface area contributed by atoms with Gasteiger partial charge in [0.1, 0.15) is 5.75 Å². The van der Waals surface area contributed by atoms with Gasteiger partial charge in [-0.25, -0.2) is 4.98 Å². The summed E-state index contributed by atoms with van der Waals surface area (Å²) in [7, 11) is 1.65. The van der Waals surface area contributed by atoms with Gasteiger partial charge in [-0.15, -0.1) is 11.3 Å². The van der Waals surface area contributed by atoms with E-state index in [-0.39, 0.29) is 25.5 Å². The van der Waals surface area contributed by atoms with Gasteiger partial charge in [0.2, 0.25) is 0 Å². The van der Waals surface area contributed by atoms with Gasteiger partial charge in [-0.05, 0) is 18.2 Å². The third-order valence-electron chi connectivity index (χ3n) is 3.82. The van der Waals surface area contributed by atoms with E-state index in [1.165, 1.54) is 4.90 Å². The number of benzene rings is 1. The minimum absolute atomic E-state index is 0.0795. The smallest absolute Gasteiger partial charge is 0.305 e. The summed E-state index contributed by atoms with van der Waals surface area (Å²) in [4.78, 5) is 29.0. The molecule has 0 unspecified atom stereocenters. The predicted molar refractivity (Wildman–Crippen MR) is 93.2 cm³/mol. The van der Waals surface area contributed by atoms with Crippen LogP contribution in [0.5, 0.6) is 5.75 Å². The first-order valence-electron chi connectivity index (χ1n) is 7.81. The maximum Gasteiger partial charge on any atom is 0.305 e. The Bertz CT molecular complexity index is 789. The van der Waals surface area contributed by atoms with E-state index >= 15 is 0 Å². The minimum atomic E-state index is -0.945. The average molecular weight is 362 g/mol. The molecule has 1 aliphatic heterocycles. The molecule has 0 bridgehead atoms. The molecule has 132 valence electrons. The Morgan fingerprint density at radius 3 is 3.08 bits per heavy atom. The number of amides is 1. The van der Waals surface area contributed by atoms with Crippen LogP contribution in [0.15, 0.2) is 23.6 Å². The highest BCUT2D eigenvalue weighted by Crippen LogP contribution is 2.36. The van der Waals surface area contributed by atoms with Gasteiger partial charge in [0.15, 0.2) is 6.61 Å². The molecule has 8 heteroatoms. The first-order valence-corrected chi connectivity index (χ1v) is 8.69. The van der Waals surface area contributed by atoms with Crippen LogP contribution in [0.3, 0.4) is 0 Å². The molecule has 2 aromatic rings. The first-order chi connectivity index (χ1) is 12.1. The molecular weight excluding hydrogens is 344 g/mol. The van der Waals surface area contributed by atoms with Crippen molar-refractivity contribution in [1.82, 2.24) is 4.98 Å². The fourth-order valence-electron chi connectivity index (χ4n) is 2.56. The fraction of sp³-hybridized carbons (Fsp3) is 0.353. The van der Waals surface area contributed by atoms with E-state index in [1.54, 1.807) is 24.5 Å². The summed E-state index contributed by atoms with van der Waals surface area (Å²) in [6, 6.07) is 5.50. The molecule has 1 N–H and O–H groups in total. The first kappa shape index (κ1) is 17.4. The van der Waals surface area contributed by atoms with E-state index in [1.807, 2.05) is 17.5 Å². The lowest BCUT2D eigenvalue weighted by Crippen LogP contribution is -2.40. The third-order valence-corrected chi connectivity index (χ3v) is 4.73. The van der Waals surface area contributed by atoms with Crippen molar-refractivity contribution in [3.63, 3.8) is 0 Å². The number of thiazole rings is 1. The monoisotopic (exact) mass is 362 g/mol. The number of hydrogen-bond acceptors (Lipinski definition) is 6. The van der Waals surface area contributed by atoms with Crippen LogP contribution >= 0.6 is 11.3 Å². The lowest BCUT2D eigenvalue weighted by Gasteiger charge is -2.29. The normalized spacial score (nSPS) is 13.5. The number of carboxylic acids is 1. The number of hydrogen-bond donors (Lipinski definition) is 1. The molecule has 0 saturated heterocycles. The molecule has 0 fully saturated rings. The minimum Gasteiger partial charge on any atom is -0.482 e. The number of aromatic nitrogens is 1. The molecule has 1 amide bonds. The number of carbonyl (C=O) groups is 2. The van der Waals surface area contributed by atoms with Crippen LogP contribution in [-0.4, -0.2) is 48.8 Å². The maximum atomic E-state index is 12.1. The second kappa shape index (κ2) is 7.62. The Balaban J connectivity index is 1.87. The van der Waals surface area contributed by atoms with Crippen molar-refractivity contribution in [2.75, 3.05) is 31.8 Å². The number of anilines is 1. The molecule has 0 saturated carbocycles. The van der Waals surface area contributed by atoms with E-state index in [0.29, 0.717) is 18.0 Å². The zero-order chi connectivity index (χ0) is 17.8. The van der Waals surface area contributed by atoms with Crippen molar-refractivity contribution < 1.29 is 24.2 Å². The summed E-state index contributed by atoms with van der Waals surface area (Å²) in [5.74, 6) is -0.618. The molecule has 0 aliphatic carbocycles. The number of rotatable bonds is 7. The van der Waals surface area contributed by atoms with E-state index in [4.69, 9.17) is 14.6 Å².